The third-order valence-electron chi connectivity index (χ3n) is 4.28. The molecule has 1 atom stereocenters. The van der Waals surface area contributed by atoms with Gasteiger partial charge in [-0.3, -0.25) is 9.59 Å². The van der Waals surface area contributed by atoms with Crippen molar-refractivity contribution in [2.24, 2.45) is 5.73 Å². The number of benzene rings is 2. The number of esters is 1. The Hall–Kier alpha value is -2.80. The fourth-order valence-electron chi connectivity index (χ4n) is 2.80. The molecule has 0 aromatic heterocycles. The van der Waals surface area contributed by atoms with Gasteiger partial charge in [0.1, 0.15) is 0 Å². The highest BCUT2D eigenvalue weighted by Gasteiger charge is 2.25. The maximum Gasteiger partial charge on any atom is 0.338 e. The van der Waals surface area contributed by atoms with Crippen molar-refractivity contribution in [1.29, 1.82) is 0 Å². The van der Waals surface area contributed by atoms with E-state index in [0.29, 0.717) is 17.4 Å². The molecule has 3 rings (SSSR count). The Morgan fingerprint density at radius 1 is 1.11 bits per heavy atom. The molecule has 0 bridgehead atoms. The molecule has 0 radical (unpaired) electrons. The predicted molar refractivity (Wildman–Crippen MR) is 104 cm³/mol. The summed E-state index contributed by atoms with van der Waals surface area (Å²) in [4.78, 5) is 38.6. The van der Waals surface area contributed by atoms with Crippen LogP contribution in [0.15, 0.2) is 53.4 Å². The van der Waals surface area contributed by atoms with Crippen molar-refractivity contribution in [3.63, 3.8) is 0 Å². The fraction of sp³-hybridized carbons (Fsp3) is 0.250. The van der Waals surface area contributed by atoms with Crippen LogP contribution >= 0.6 is 11.8 Å². The zero-order valence-corrected chi connectivity index (χ0v) is 15.7. The summed E-state index contributed by atoms with van der Waals surface area (Å²) < 4.78 is 5.17. The van der Waals surface area contributed by atoms with Crippen molar-refractivity contribution in [2.45, 2.75) is 23.5 Å². The number of thioether (sulfide) groups is 1. The van der Waals surface area contributed by atoms with Crippen LogP contribution in [0.3, 0.4) is 0 Å². The van der Waals surface area contributed by atoms with E-state index in [1.54, 1.807) is 16.7 Å². The fourth-order valence-corrected chi connectivity index (χ4v) is 3.92. The number of carbonyl (C=O) groups is 3. The number of primary amides is 1. The third kappa shape index (κ3) is 4.49. The van der Waals surface area contributed by atoms with E-state index in [2.05, 4.69) is 6.92 Å². The summed E-state index contributed by atoms with van der Waals surface area (Å²) in [6.07, 6.45) is 0.855. The van der Waals surface area contributed by atoms with E-state index in [1.165, 1.54) is 24.3 Å². The predicted octanol–water partition coefficient (Wildman–Crippen LogP) is 2.86. The maximum absolute atomic E-state index is 12.7. The van der Waals surface area contributed by atoms with Gasteiger partial charge < -0.3 is 15.4 Å². The maximum atomic E-state index is 12.7. The second-order valence-corrected chi connectivity index (χ2v) is 7.73. The highest BCUT2D eigenvalue weighted by Crippen LogP contribution is 2.37. The summed E-state index contributed by atoms with van der Waals surface area (Å²) in [5, 5.41) is 0.398. The van der Waals surface area contributed by atoms with Crippen molar-refractivity contribution in [1.82, 2.24) is 0 Å². The Morgan fingerprint density at radius 3 is 2.48 bits per heavy atom. The van der Waals surface area contributed by atoms with E-state index >= 15 is 0 Å². The minimum absolute atomic E-state index is 0.258. The topological polar surface area (TPSA) is 89.7 Å². The first-order valence-electron chi connectivity index (χ1n) is 8.58. The number of anilines is 1. The molecule has 0 spiro atoms. The van der Waals surface area contributed by atoms with Crippen LogP contribution in [-0.4, -0.2) is 36.2 Å². The average molecular weight is 384 g/mol. The molecule has 7 heteroatoms. The summed E-state index contributed by atoms with van der Waals surface area (Å²) in [6, 6.07) is 13.5. The molecule has 2 amide bonds. The lowest BCUT2D eigenvalue weighted by Gasteiger charge is -2.22. The number of hydrogen-bond donors (Lipinski definition) is 1. The Labute approximate surface area is 161 Å². The lowest BCUT2D eigenvalue weighted by Crippen LogP contribution is -2.35. The van der Waals surface area contributed by atoms with Crippen LogP contribution in [-0.2, 0) is 9.53 Å². The number of para-hydroxylation sites is 1. The molecule has 0 fully saturated rings. The molecular weight excluding hydrogens is 364 g/mol. The molecule has 1 heterocycles. The van der Waals surface area contributed by atoms with E-state index in [9.17, 15) is 14.4 Å². The second kappa shape index (κ2) is 8.26. The molecule has 2 aromatic rings. The highest BCUT2D eigenvalue weighted by atomic mass is 32.2. The van der Waals surface area contributed by atoms with Crippen LogP contribution in [0.1, 0.15) is 34.1 Å². The number of amides is 2. The number of ether oxygens (including phenoxy) is 1. The van der Waals surface area contributed by atoms with E-state index < -0.39 is 11.9 Å². The van der Waals surface area contributed by atoms with Crippen LogP contribution in [0.4, 0.5) is 5.69 Å². The molecule has 2 N–H and O–H groups in total. The van der Waals surface area contributed by atoms with E-state index in [-0.39, 0.29) is 18.1 Å². The van der Waals surface area contributed by atoms with Gasteiger partial charge in [0.15, 0.2) is 6.61 Å². The number of fused-ring (bicyclic) bond motifs is 1. The smallest absolute Gasteiger partial charge is 0.338 e. The monoisotopic (exact) mass is 384 g/mol. The van der Waals surface area contributed by atoms with Crippen LogP contribution in [0, 0.1) is 0 Å². The van der Waals surface area contributed by atoms with Crippen molar-refractivity contribution < 1.29 is 19.1 Å². The molecule has 6 nitrogen and oxygen atoms in total. The van der Waals surface area contributed by atoms with E-state index in [0.717, 1.165) is 17.0 Å². The SMILES string of the molecule is CC1CCN(C(=O)COC(=O)c2ccc(C(N)=O)cc2)c2ccccc2S1. The van der Waals surface area contributed by atoms with Gasteiger partial charge in [0.05, 0.1) is 11.3 Å². The minimum Gasteiger partial charge on any atom is -0.452 e. The van der Waals surface area contributed by atoms with Gasteiger partial charge >= 0.3 is 5.97 Å². The van der Waals surface area contributed by atoms with Crippen LogP contribution in [0.5, 0.6) is 0 Å². The number of carbonyl (C=O) groups excluding carboxylic acids is 3. The Balaban J connectivity index is 1.67. The second-order valence-electron chi connectivity index (χ2n) is 6.25. The van der Waals surface area contributed by atoms with Gasteiger partial charge in [0.2, 0.25) is 5.91 Å². The molecule has 0 saturated carbocycles. The van der Waals surface area contributed by atoms with Crippen molar-refractivity contribution in [3.05, 3.63) is 59.7 Å². The highest BCUT2D eigenvalue weighted by molar-refractivity contribution is 8.00. The lowest BCUT2D eigenvalue weighted by atomic mass is 10.1. The van der Waals surface area contributed by atoms with Gasteiger partial charge in [-0.1, -0.05) is 19.1 Å². The van der Waals surface area contributed by atoms with Gasteiger partial charge in [-0.2, -0.15) is 0 Å². The van der Waals surface area contributed by atoms with Crippen molar-refractivity contribution in [3.8, 4) is 0 Å². The van der Waals surface area contributed by atoms with Crippen LogP contribution in [0.2, 0.25) is 0 Å². The number of hydrogen-bond acceptors (Lipinski definition) is 5. The Morgan fingerprint density at radius 2 is 1.78 bits per heavy atom. The number of rotatable bonds is 4. The zero-order valence-electron chi connectivity index (χ0n) is 14.9. The van der Waals surface area contributed by atoms with E-state index in [1.807, 2.05) is 24.3 Å². The van der Waals surface area contributed by atoms with Crippen LogP contribution in [0.25, 0.3) is 0 Å². The van der Waals surface area contributed by atoms with Crippen molar-refractivity contribution in [2.75, 3.05) is 18.1 Å². The molecule has 140 valence electrons. The quantitative estimate of drug-likeness (QED) is 0.819. The average Bonchev–Trinajstić information content (AvgIpc) is 2.84. The Kier molecular flexibility index (Phi) is 5.81. The van der Waals surface area contributed by atoms with Gasteiger partial charge in [0.25, 0.3) is 5.91 Å². The number of nitrogens with zero attached hydrogens (tertiary/aromatic N) is 1. The van der Waals surface area contributed by atoms with Crippen molar-refractivity contribution >= 4 is 35.2 Å². The normalized spacial score (nSPS) is 16.2. The van der Waals surface area contributed by atoms with Gasteiger partial charge in [-0.05, 0) is 42.8 Å². The van der Waals surface area contributed by atoms with E-state index in [4.69, 9.17) is 10.5 Å². The third-order valence-corrected chi connectivity index (χ3v) is 5.51. The lowest BCUT2D eigenvalue weighted by molar-refractivity contribution is -0.121. The van der Waals surface area contributed by atoms with Gasteiger partial charge in [0, 0.05) is 22.3 Å². The van der Waals surface area contributed by atoms with Gasteiger partial charge in [-0.25, -0.2) is 4.79 Å². The Bertz CT molecular complexity index is 867. The number of nitrogens with two attached hydrogens (primary N) is 1. The molecular formula is C20H20N2O4S. The molecule has 0 aliphatic carbocycles. The minimum atomic E-state index is -0.620. The van der Waals surface area contributed by atoms with Crippen LogP contribution < -0.4 is 10.6 Å². The summed E-state index contributed by atoms with van der Waals surface area (Å²) in [7, 11) is 0. The molecule has 27 heavy (non-hydrogen) atoms. The first-order chi connectivity index (χ1) is 13.0. The van der Waals surface area contributed by atoms with Gasteiger partial charge in [-0.15, -0.1) is 11.8 Å². The summed E-state index contributed by atoms with van der Waals surface area (Å²) >= 11 is 1.74. The first-order valence-corrected chi connectivity index (χ1v) is 9.46. The summed E-state index contributed by atoms with van der Waals surface area (Å²) in [6.45, 7) is 2.36. The largest absolute Gasteiger partial charge is 0.452 e. The zero-order chi connectivity index (χ0) is 19.4. The first kappa shape index (κ1) is 19.0. The molecule has 0 saturated heterocycles. The molecule has 1 aliphatic rings. The molecule has 1 aliphatic heterocycles. The standard InChI is InChI=1S/C20H20N2O4S/c1-13-10-11-22(16-4-2-3-5-17(16)27-13)18(23)12-26-20(25)15-8-6-14(7-9-15)19(21)24/h2-9,13H,10-12H2,1H3,(H2,21,24). The summed E-state index contributed by atoms with van der Waals surface area (Å²) in [5.41, 5.74) is 6.58. The summed E-state index contributed by atoms with van der Waals surface area (Å²) in [5.74, 6) is -1.46. The molecule has 1 unspecified atom stereocenters. The molecule has 2 aromatic carbocycles.